The molecule has 0 bridgehead atoms. The van der Waals surface area contributed by atoms with Crippen LogP contribution < -0.4 is 10.2 Å². The number of anilines is 3. The number of rotatable bonds is 7. The Morgan fingerprint density at radius 2 is 1.62 bits per heavy atom. The molecule has 1 aromatic heterocycles. The average Bonchev–Trinajstić information content (AvgIpc) is 2.98. The van der Waals surface area contributed by atoms with Crippen LogP contribution in [-0.2, 0) is 6.18 Å². The lowest BCUT2D eigenvalue weighted by Crippen LogP contribution is -2.30. The lowest BCUT2D eigenvalue weighted by molar-refractivity contribution is -0.140. The van der Waals surface area contributed by atoms with Gasteiger partial charge in [-0.1, -0.05) is 53.1 Å². The molecule has 29 heavy (non-hydrogen) atoms. The molecule has 0 fully saturated rings. The minimum atomic E-state index is -4.86. The SMILES string of the molecule is CCCN(CCC(F)(F)F)c1sc(Nc2c(Cl)cc(Cl)cc2Cl)nc1C(F)(F)F. The van der Waals surface area contributed by atoms with Gasteiger partial charge in [0.2, 0.25) is 0 Å². The first kappa shape index (κ1) is 24.2. The molecule has 1 N–H and O–H groups in total. The molecule has 13 heteroatoms. The Hall–Kier alpha value is -1.10. The number of benzene rings is 1. The van der Waals surface area contributed by atoms with Crippen LogP contribution >= 0.6 is 46.1 Å². The van der Waals surface area contributed by atoms with Crippen molar-refractivity contribution < 1.29 is 26.3 Å². The third kappa shape index (κ3) is 6.70. The van der Waals surface area contributed by atoms with E-state index in [-0.39, 0.29) is 32.4 Å². The summed E-state index contributed by atoms with van der Waals surface area (Å²) in [5.41, 5.74) is -1.19. The number of thiazole rings is 1. The fraction of sp³-hybridized carbons (Fsp3) is 0.438. The van der Waals surface area contributed by atoms with Crippen molar-refractivity contribution >= 4 is 62.0 Å². The monoisotopic (exact) mass is 499 g/mol. The molecule has 162 valence electrons. The topological polar surface area (TPSA) is 28.2 Å². The Labute approximate surface area is 181 Å². The normalized spacial score (nSPS) is 12.3. The molecule has 2 aromatic rings. The molecule has 0 aliphatic heterocycles. The molecule has 1 aromatic carbocycles. The second-order valence-electron chi connectivity index (χ2n) is 5.89. The van der Waals surface area contributed by atoms with Gasteiger partial charge in [0.05, 0.1) is 22.2 Å². The van der Waals surface area contributed by atoms with Crippen LogP contribution in [0.25, 0.3) is 0 Å². The first-order chi connectivity index (χ1) is 13.3. The first-order valence-electron chi connectivity index (χ1n) is 8.13. The molecule has 3 nitrogen and oxygen atoms in total. The van der Waals surface area contributed by atoms with Gasteiger partial charge in [0, 0.05) is 18.1 Å². The van der Waals surface area contributed by atoms with Crippen molar-refractivity contribution in [2.24, 2.45) is 0 Å². The molecule has 0 aliphatic carbocycles. The number of halogens is 9. The highest BCUT2D eigenvalue weighted by Crippen LogP contribution is 2.44. The standard InChI is InChI=1S/C16H14Cl3F6N3S/c1-2-4-28(5-3-15(20,21)22)13-12(16(23,24)25)27-14(29-13)26-11-9(18)6-8(17)7-10(11)19/h6-7H,2-5H2,1H3,(H,26,27). The summed E-state index contributed by atoms with van der Waals surface area (Å²) >= 11 is 18.4. The van der Waals surface area contributed by atoms with Crippen molar-refractivity contribution in [2.75, 3.05) is 23.3 Å². The van der Waals surface area contributed by atoms with Crippen LogP contribution in [0.5, 0.6) is 0 Å². The van der Waals surface area contributed by atoms with Gasteiger partial charge in [-0.2, -0.15) is 26.3 Å². The molecule has 0 spiro atoms. The van der Waals surface area contributed by atoms with E-state index in [0.717, 1.165) is 4.90 Å². The number of alkyl halides is 6. The first-order valence-corrected chi connectivity index (χ1v) is 10.1. The van der Waals surface area contributed by atoms with Crippen LogP contribution in [0, 0.1) is 0 Å². The summed E-state index contributed by atoms with van der Waals surface area (Å²) in [4.78, 5) is 4.57. The van der Waals surface area contributed by atoms with E-state index in [0.29, 0.717) is 17.8 Å². The fourth-order valence-corrected chi connectivity index (χ4v) is 4.33. The molecule has 0 saturated carbocycles. The second-order valence-corrected chi connectivity index (χ2v) is 8.12. The fourth-order valence-electron chi connectivity index (χ4n) is 2.38. The highest BCUT2D eigenvalue weighted by Gasteiger charge is 2.40. The van der Waals surface area contributed by atoms with E-state index in [1.54, 1.807) is 6.92 Å². The van der Waals surface area contributed by atoms with E-state index in [1.807, 2.05) is 0 Å². The van der Waals surface area contributed by atoms with Gasteiger partial charge in [-0.25, -0.2) is 4.98 Å². The third-order valence-electron chi connectivity index (χ3n) is 3.56. The molecule has 0 amide bonds. The van der Waals surface area contributed by atoms with Crippen LogP contribution in [0.15, 0.2) is 12.1 Å². The van der Waals surface area contributed by atoms with Crippen LogP contribution in [0.2, 0.25) is 15.1 Å². The maximum atomic E-state index is 13.5. The van der Waals surface area contributed by atoms with Crippen LogP contribution in [0.1, 0.15) is 25.5 Å². The molecular weight excluding hydrogens is 487 g/mol. The highest BCUT2D eigenvalue weighted by molar-refractivity contribution is 7.19. The maximum absolute atomic E-state index is 13.5. The predicted molar refractivity (Wildman–Crippen MR) is 105 cm³/mol. The summed E-state index contributed by atoms with van der Waals surface area (Å²) in [6, 6.07) is 2.67. The van der Waals surface area contributed by atoms with E-state index in [9.17, 15) is 26.3 Å². The minimum Gasteiger partial charge on any atom is -0.361 e. The zero-order valence-electron chi connectivity index (χ0n) is 14.7. The molecular formula is C16H14Cl3F6N3S. The summed E-state index contributed by atoms with van der Waals surface area (Å²) in [6.45, 7) is 1.04. The molecule has 0 aliphatic rings. The van der Waals surface area contributed by atoms with Gasteiger partial charge in [-0.3, -0.25) is 0 Å². The number of hydrogen-bond acceptors (Lipinski definition) is 4. The van der Waals surface area contributed by atoms with Gasteiger partial charge in [0.15, 0.2) is 10.8 Å². The van der Waals surface area contributed by atoms with Crippen LogP contribution in [0.4, 0.5) is 42.2 Å². The lowest BCUT2D eigenvalue weighted by atomic mass is 10.3. The molecule has 0 unspecified atom stereocenters. The summed E-state index contributed by atoms with van der Waals surface area (Å²) in [6.07, 6.45) is -10.3. The van der Waals surface area contributed by atoms with Crippen LogP contribution in [-0.4, -0.2) is 24.2 Å². The van der Waals surface area contributed by atoms with Crippen molar-refractivity contribution in [3.63, 3.8) is 0 Å². The Morgan fingerprint density at radius 1 is 1.03 bits per heavy atom. The van der Waals surface area contributed by atoms with Crippen molar-refractivity contribution in [2.45, 2.75) is 32.1 Å². The van der Waals surface area contributed by atoms with Gasteiger partial charge < -0.3 is 10.2 Å². The van der Waals surface area contributed by atoms with Gasteiger partial charge in [-0.05, 0) is 18.6 Å². The number of nitrogens with zero attached hydrogens (tertiary/aromatic N) is 2. The molecule has 0 atom stereocenters. The van der Waals surface area contributed by atoms with E-state index < -0.39 is 36.0 Å². The third-order valence-corrected chi connectivity index (χ3v) is 5.41. The molecule has 0 saturated heterocycles. The van der Waals surface area contributed by atoms with Crippen molar-refractivity contribution in [3.05, 3.63) is 32.9 Å². The Morgan fingerprint density at radius 3 is 2.10 bits per heavy atom. The van der Waals surface area contributed by atoms with E-state index in [4.69, 9.17) is 34.8 Å². The quantitative estimate of drug-likeness (QED) is 0.390. The molecule has 0 radical (unpaired) electrons. The highest BCUT2D eigenvalue weighted by atomic mass is 35.5. The largest absolute Gasteiger partial charge is 0.436 e. The summed E-state index contributed by atoms with van der Waals surface area (Å²) in [5, 5.41) is 2.31. The summed E-state index contributed by atoms with van der Waals surface area (Å²) in [7, 11) is 0. The zero-order valence-corrected chi connectivity index (χ0v) is 17.8. The predicted octanol–water partition coefficient (Wildman–Crippen LogP) is 8.03. The average molecular weight is 501 g/mol. The maximum Gasteiger partial charge on any atom is 0.436 e. The number of hydrogen-bond donors (Lipinski definition) is 1. The summed E-state index contributed by atoms with van der Waals surface area (Å²) in [5.74, 6) is 0. The summed E-state index contributed by atoms with van der Waals surface area (Å²) < 4.78 is 78.3. The Kier molecular flexibility index (Phi) is 7.80. The Balaban J connectivity index is 2.43. The number of nitrogens with one attached hydrogen (secondary N) is 1. The Bertz CT molecular complexity index is 830. The van der Waals surface area contributed by atoms with Gasteiger partial charge in [0.1, 0.15) is 5.00 Å². The van der Waals surface area contributed by atoms with Gasteiger partial charge in [0.25, 0.3) is 0 Å². The minimum absolute atomic E-state index is 0.00322. The van der Waals surface area contributed by atoms with Crippen LogP contribution in [0.3, 0.4) is 0 Å². The van der Waals surface area contributed by atoms with E-state index >= 15 is 0 Å². The van der Waals surface area contributed by atoms with Gasteiger partial charge in [-0.15, -0.1) is 0 Å². The van der Waals surface area contributed by atoms with Crippen molar-refractivity contribution in [1.29, 1.82) is 0 Å². The zero-order chi connectivity index (χ0) is 22.0. The van der Waals surface area contributed by atoms with E-state index in [1.165, 1.54) is 12.1 Å². The van der Waals surface area contributed by atoms with Gasteiger partial charge >= 0.3 is 12.4 Å². The lowest BCUT2D eigenvalue weighted by Gasteiger charge is -2.24. The van der Waals surface area contributed by atoms with E-state index in [2.05, 4.69) is 10.3 Å². The number of aromatic nitrogens is 1. The second kappa shape index (κ2) is 9.36. The smallest absolute Gasteiger partial charge is 0.361 e. The van der Waals surface area contributed by atoms with Crippen molar-refractivity contribution in [1.82, 2.24) is 4.98 Å². The molecule has 1 heterocycles. The van der Waals surface area contributed by atoms with Crippen molar-refractivity contribution in [3.8, 4) is 0 Å². The molecule has 2 rings (SSSR count).